The summed E-state index contributed by atoms with van der Waals surface area (Å²) in [5.41, 5.74) is 2.02. The van der Waals surface area contributed by atoms with Crippen molar-refractivity contribution in [3.8, 4) is 5.75 Å². The first-order chi connectivity index (χ1) is 16.8. The quantitative estimate of drug-likeness (QED) is 0.362. The smallest absolute Gasteiger partial charge is 0.262 e. The molecule has 35 heavy (non-hydrogen) atoms. The van der Waals surface area contributed by atoms with E-state index >= 15 is 0 Å². The Morgan fingerprint density at radius 2 is 1.77 bits per heavy atom. The highest BCUT2D eigenvalue weighted by molar-refractivity contribution is 6.30. The average molecular weight is 493 g/mol. The van der Waals surface area contributed by atoms with E-state index in [1.807, 2.05) is 37.2 Å². The van der Waals surface area contributed by atoms with Crippen LogP contribution in [0.3, 0.4) is 0 Å². The molecule has 180 valence electrons. The van der Waals surface area contributed by atoms with Crippen molar-refractivity contribution in [1.82, 2.24) is 5.01 Å². The maximum absolute atomic E-state index is 12.9. The average Bonchev–Trinajstić information content (AvgIpc) is 3.52. The molecule has 0 spiro atoms. The molecule has 1 N–H and O–H groups in total. The molecule has 9 heteroatoms. The van der Waals surface area contributed by atoms with Gasteiger partial charge >= 0.3 is 0 Å². The van der Waals surface area contributed by atoms with Crippen molar-refractivity contribution >= 4 is 46.9 Å². The van der Waals surface area contributed by atoms with Gasteiger partial charge in [-0.15, -0.1) is 0 Å². The molecule has 0 aromatic heterocycles. The summed E-state index contributed by atoms with van der Waals surface area (Å²) in [6.07, 6.45) is 6.40. The zero-order chi connectivity index (χ0) is 24.7. The zero-order valence-corrected chi connectivity index (χ0v) is 20.1. The third-order valence-electron chi connectivity index (χ3n) is 6.76. The van der Waals surface area contributed by atoms with Gasteiger partial charge < -0.3 is 15.0 Å². The maximum Gasteiger partial charge on any atom is 0.262 e. The molecule has 2 aromatic rings. The second-order valence-corrected chi connectivity index (χ2v) is 9.63. The number of nitrogens with one attached hydrogen (secondary N) is 1. The molecule has 1 saturated carbocycles. The predicted octanol–water partition coefficient (Wildman–Crippen LogP) is 3.56. The summed E-state index contributed by atoms with van der Waals surface area (Å²) in [6.45, 7) is -0.235. The number of rotatable bonds is 7. The van der Waals surface area contributed by atoms with Crippen molar-refractivity contribution in [3.05, 3.63) is 65.2 Å². The number of imide groups is 1. The van der Waals surface area contributed by atoms with Crippen molar-refractivity contribution in [1.29, 1.82) is 0 Å². The zero-order valence-electron chi connectivity index (χ0n) is 19.3. The number of hydrogen-bond donors (Lipinski definition) is 1. The molecule has 3 aliphatic rings. The fraction of sp³-hybridized carbons (Fsp3) is 0.308. The normalized spacial score (nSPS) is 24.4. The second kappa shape index (κ2) is 9.19. The topological polar surface area (TPSA) is 91.3 Å². The molecule has 1 saturated heterocycles. The maximum atomic E-state index is 12.9. The molecular formula is C26H25ClN4O4. The van der Waals surface area contributed by atoms with Crippen LogP contribution in [0.25, 0.3) is 0 Å². The highest BCUT2D eigenvalue weighted by atomic mass is 35.5. The number of nitrogens with zero attached hydrogens (tertiary/aromatic N) is 3. The van der Waals surface area contributed by atoms with Crippen molar-refractivity contribution in [3.63, 3.8) is 0 Å². The summed E-state index contributed by atoms with van der Waals surface area (Å²) >= 11 is 5.88. The van der Waals surface area contributed by atoms with Gasteiger partial charge in [0.25, 0.3) is 17.7 Å². The Morgan fingerprint density at radius 1 is 1.11 bits per heavy atom. The van der Waals surface area contributed by atoms with E-state index in [9.17, 15) is 14.4 Å². The molecular weight excluding hydrogens is 468 g/mol. The van der Waals surface area contributed by atoms with Gasteiger partial charge in [-0.25, -0.2) is 0 Å². The largest absolute Gasteiger partial charge is 0.483 e. The van der Waals surface area contributed by atoms with Crippen LogP contribution in [-0.4, -0.2) is 49.6 Å². The predicted molar refractivity (Wildman–Crippen MR) is 134 cm³/mol. The number of carbonyl (C=O) groups excluding carboxylic acids is 3. The van der Waals surface area contributed by atoms with Crippen molar-refractivity contribution in [2.75, 3.05) is 30.9 Å². The molecule has 2 aromatic carbocycles. The van der Waals surface area contributed by atoms with Crippen molar-refractivity contribution in [2.24, 2.45) is 28.8 Å². The SMILES string of the molecule is CN(C)c1ccc(C=NN2C(=O)C3C4C=CC(C4)C3C2=O)c(OCC(=O)Nc2ccc(Cl)cc2)c1. The van der Waals surface area contributed by atoms with Gasteiger partial charge in [0, 0.05) is 42.1 Å². The number of ether oxygens (including phenoxy) is 1. The van der Waals surface area contributed by atoms with E-state index in [1.165, 1.54) is 6.21 Å². The molecule has 2 bridgehead atoms. The fourth-order valence-electron chi connectivity index (χ4n) is 5.03. The minimum absolute atomic E-state index is 0.124. The first-order valence-corrected chi connectivity index (χ1v) is 11.8. The van der Waals surface area contributed by atoms with Crippen molar-refractivity contribution in [2.45, 2.75) is 6.42 Å². The van der Waals surface area contributed by atoms with Gasteiger partial charge in [0.1, 0.15) is 5.75 Å². The van der Waals surface area contributed by atoms with Gasteiger partial charge in [0.15, 0.2) is 6.61 Å². The molecule has 4 unspecified atom stereocenters. The molecule has 5 rings (SSSR count). The molecule has 1 heterocycles. The van der Waals surface area contributed by atoms with Crippen molar-refractivity contribution < 1.29 is 19.1 Å². The highest BCUT2D eigenvalue weighted by Crippen LogP contribution is 2.52. The van der Waals surface area contributed by atoms with E-state index in [1.54, 1.807) is 36.4 Å². The van der Waals surface area contributed by atoms with Crippen LogP contribution in [0.5, 0.6) is 5.75 Å². The standard InChI is InChI=1S/C26H25ClN4O4/c1-30(2)20-10-5-17(21(12-20)35-14-22(32)29-19-8-6-18(27)7-9-19)13-28-31-25(33)23-15-3-4-16(11-15)24(23)26(31)34/h3-10,12-13,15-16,23-24H,11,14H2,1-2H3,(H,29,32). The lowest BCUT2D eigenvalue weighted by Gasteiger charge is -2.16. The summed E-state index contributed by atoms with van der Waals surface area (Å²) in [6, 6.07) is 12.2. The minimum atomic E-state index is -0.342. The Labute approximate surface area is 208 Å². The van der Waals surface area contributed by atoms with Crippen LogP contribution in [0.2, 0.25) is 5.02 Å². The molecule has 1 aliphatic heterocycles. The van der Waals surface area contributed by atoms with Crippen LogP contribution >= 0.6 is 11.6 Å². The minimum Gasteiger partial charge on any atom is -0.483 e. The summed E-state index contributed by atoms with van der Waals surface area (Å²) in [4.78, 5) is 40.1. The van der Waals surface area contributed by atoms with Crippen LogP contribution in [0, 0.1) is 23.7 Å². The molecule has 4 atom stereocenters. The monoisotopic (exact) mass is 492 g/mol. The number of allylic oxidation sites excluding steroid dienone is 2. The number of carbonyl (C=O) groups is 3. The highest BCUT2D eigenvalue weighted by Gasteiger charge is 2.59. The van der Waals surface area contributed by atoms with Gasteiger partial charge in [0.2, 0.25) is 0 Å². The summed E-state index contributed by atoms with van der Waals surface area (Å²) < 4.78 is 5.82. The van der Waals surface area contributed by atoms with E-state index in [-0.39, 0.29) is 48.0 Å². The summed E-state index contributed by atoms with van der Waals surface area (Å²) in [7, 11) is 3.78. The van der Waals surface area contributed by atoms with E-state index in [0.717, 1.165) is 17.1 Å². The molecule has 3 amide bonds. The van der Waals surface area contributed by atoms with E-state index in [0.29, 0.717) is 22.0 Å². The first kappa shape index (κ1) is 23.1. The molecule has 2 fully saturated rings. The Morgan fingerprint density at radius 3 is 2.40 bits per heavy atom. The van der Waals surface area contributed by atoms with E-state index in [2.05, 4.69) is 10.4 Å². The van der Waals surface area contributed by atoms with E-state index < -0.39 is 0 Å². The van der Waals surface area contributed by atoms with Crippen LogP contribution in [0.15, 0.2) is 59.7 Å². The third kappa shape index (κ3) is 4.41. The van der Waals surface area contributed by atoms with Crippen LogP contribution < -0.4 is 15.0 Å². The Bertz CT molecular complexity index is 1210. The van der Waals surface area contributed by atoms with Crippen LogP contribution in [0.1, 0.15) is 12.0 Å². The summed E-state index contributed by atoms with van der Waals surface area (Å²) in [5.74, 6) is -0.793. The van der Waals surface area contributed by atoms with Gasteiger partial charge in [-0.05, 0) is 54.7 Å². The van der Waals surface area contributed by atoms with Crippen LogP contribution in [0.4, 0.5) is 11.4 Å². The number of hydrogen-bond acceptors (Lipinski definition) is 6. The molecule has 8 nitrogen and oxygen atoms in total. The number of hydrazone groups is 1. The number of anilines is 2. The fourth-order valence-corrected chi connectivity index (χ4v) is 5.15. The summed E-state index contributed by atoms with van der Waals surface area (Å²) in [5, 5.41) is 8.57. The second-order valence-electron chi connectivity index (χ2n) is 9.19. The number of amides is 3. The Balaban J connectivity index is 1.31. The lowest BCUT2D eigenvalue weighted by molar-refractivity contribution is -0.140. The molecule has 0 radical (unpaired) electrons. The van der Waals surface area contributed by atoms with Gasteiger partial charge in [0.05, 0.1) is 18.1 Å². The lowest BCUT2D eigenvalue weighted by atomic mass is 9.85. The van der Waals surface area contributed by atoms with Gasteiger partial charge in [-0.2, -0.15) is 10.1 Å². The Hall–Kier alpha value is -3.65. The van der Waals surface area contributed by atoms with Gasteiger partial charge in [-0.1, -0.05) is 23.8 Å². The van der Waals surface area contributed by atoms with Gasteiger partial charge in [-0.3, -0.25) is 14.4 Å². The lowest BCUT2D eigenvalue weighted by Crippen LogP contribution is -2.28. The van der Waals surface area contributed by atoms with Crippen LogP contribution in [-0.2, 0) is 14.4 Å². The third-order valence-corrected chi connectivity index (χ3v) is 7.01. The van der Waals surface area contributed by atoms with E-state index in [4.69, 9.17) is 16.3 Å². The Kier molecular flexibility index (Phi) is 6.06. The molecule has 2 aliphatic carbocycles. The number of benzene rings is 2. The number of halogens is 1. The first-order valence-electron chi connectivity index (χ1n) is 11.4. The number of fused-ring (bicyclic) bond motifs is 5.